The fourth-order valence-electron chi connectivity index (χ4n) is 1.85. The zero-order valence-corrected chi connectivity index (χ0v) is 12.5. The summed E-state index contributed by atoms with van der Waals surface area (Å²) in [5.74, 6) is 0.103. The van der Waals surface area contributed by atoms with Crippen LogP contribution in [0.5, 0.6) is 5.75 Å². The molecule has 0 fully saturated rings. The first kappa shape index (κ1) is 16.5. The Labute approximate surface area is 134 Å². The Morgan fingerprint density at radius 1 is 1.13 bits per heavy atom. The van der Waals surface area contributed by atoms with E-state index in [9.17, 15) is 9.90 Å². The third-order valence-electron chi connectivity index (χ3n) is 3.07. The number of hydrogen-bond donors (Lipinski definition) is 1. The fourth-order valence-corrected chi connectivity index (χ4v) is 1.85. The van der Waals surface area contributed by atoms with Crippen molar-refractivity contribution >= 4 is 5.97 Å². The number of nitriles is 1. The fraction of sp³-hybridized carbons (Fsp3) is 0.222. The largest absolute Gasteiger partial charge is 0.491 e. The number of carbonyl (C=O) groups excluding carboxylic acids is 1. The number of nitrogens with zero attached hydrogens (tertiary/aromatic N) is 1. The van der Waals surface area contributed by atoms with Crippen molar-refractivity contribution in [3.8, 4) is 11.8 Å². The highest BCUT2D eigenvalue weighted by molar-refractivity contribution is 5.89. The van der Waals surface area contributed by atoms with Gasteiger partial charge < -0.3 is 14.6 Å². The number of carbonyl (C=O) groups is 1. The standard InChI is InChI=1S/C18H17NO4/c19-11-10-16(20)13-22-17-8-6-15(7-9-17)18(21)23-12-14-4-2-1-3-5-14/h1-9,16,20H,10,12-13H2/t16-/m1/s1. The second-order valence-corrected chi connectivity index (χ2v) is 4.91. The number of aliphatic hydroxyl groups excluding tert-OH is 1. The topological polar surface area (TPSA) is 79.5 Å². The van der Waals surface area contributed by atoms with Crippen LogP contribution in [0.1, 0.15) is 22.3 Å². The number of hydrogen-bond acceptors (Lipinski definition) is 5. The van der Waals surface area contributed by atoms with E-state index in [0.717, 1.165) is 5.56 Å². The van der Waals surface area contributed by atoms with Crippen LogP contribution in [0.3, 0.4) is 0 Å². The predicted octanol–water partition coefficient (Wildman–Crippen LogP) is 2.70. The zero-order chi connectivity index (χ0) is 16.5. The molecule has 0 saturated heterocycles. The van der Waals surface area contributed by atoms with Crippen molar-refractivity contribution in [2.24, 2.45) is 0 Å². The molecule has 0 unspecified atom stereocenters. The summed E-state index contributed by atoms with van der Waals surface area (Å²) in [5, 5.41) is 17.9. The molecule has 0 saturated carbocycles. The van der Waals surface area contributed by atoms with Gasteiger partial charge in [0.15, 0.2) is 0 Å². The lowest BCUT2D eigenvalue weighted by atomic mass is 10.2. The van der Waals surface area contributed by atoms with Crippen molar-refractivity contribution in [1.29, 1.82) is 5.26 Å². The van der Waals surface area contributed by atoms with Crippen LogP contribution in [0.4, 0.5) is 0 Å². The van der Waals surface area contributed by atoms with Gasteiger partial charge in [0.1, 0.15) is 25.1 Å². The Balaban J connectivity index is 1.84. The minimum absolute atomic E-state index is 0.0178. The summed E-state index contributed by atoms with van der Waals surface area (Å²) in [4.78, 5) is 11.9. The van der Waals surface area contributed by atoms with E-state index < -0.39 is 12.1 Å². The zero-order valence-electron chi connectivity index (χ0n) is 12.5. The molecule has 1 atom stereocenters. The Kier molecular flexibility index (Phi) is 6.16. The molecule has 1 N–H and O–H groups in total. The number of benzene rings is 2. The van der Waals surface area contributed by atoms with E-state index in [1.807, 2.05) is 36.4 Å². The van der Waals surface area contributed by atoms with Crippen LogP contribution in [0, 0.1) is 11.3 Å². The minimum Gasteiger partial charge on any atom is -0.491 e. The van der Waals surface area contributed by atoms with Gasteiger partial charge in [-0.2, -0.15) is 5.26 Å². The van der Waals surface area contributed by atoms with Gasteiger partial charge in [-0.3, -0.25) is 0 Å². The molecule has 0 amide bonds. The van der Waals surface area contributed by atoms with Crippen LogP contribution in [-0.2, 0) is 11.3 Å². The van der Waals surface area contributed by atoms with Crippen molar-refractivity contribution in [2.45, 2.75) is 19.1 Å². The van der Waals surface area contributed by atoms with E-state index in [0.29, 0.717) is 11.3 Å². The number of rotatable bonds is 7. The SMILES string of the molecule is N#CC[C@@H](O)COc1ccc(C(=O)OCc2ccccc2)cc1. The monoisotopic (exact) mass is 311 g/mol. The van der Waals surface area contributed by atoms with E-state index in [4.69, 9.17) is 14.7 Å². The van der Waals surface area contributed by atoms with Crippen molar-refractivity contribution in [2.75, 3.05) is 6.61 Å². The Bertz CT molecular complexity index is 662. The maximum Gasteiger partial charge on any atom is 0.338 e. The normalized spacial score (nSPS) is 11.3. The van der Waals surface area contributed by atoms with Crippen LogP contribution >= 0.6 is 0 Å². The molecular formula is C18H17NO4. The predicted molar refractivity (Wildman–Crippen MR) is 83.7 cm³/mol. The van der Waals surface area contributed by atoms with Crippen molar-refractivity contribution in [1.82, 2.24) is 0 Å². The first-order valence-electron chi connectivity index (χ1n) is 7.18. The molecule has 5 nitrogen and oxygen atoms in total. The van der Waals surface area contributed by atoms with Gasteiger partial charge in [-0.1, -0.05) is 30.3 Å². The smallest absolute Gasteiger partial charge is 0.338 e. The summed E-state index contributed by atoms with van der Waals surface area (Å²) in [5.41, 5.74) is 1.35. The van der Waals surface area contributed by atoms with Gasteiger partial charge in [0.25, 0.3) is 0 Å². The van der Waals surface area contributed by atoms with Gasteiger partial charge in [-0.25, -0.2) is 4.79 Å². The number of aliphatic hydroxyl groups is 1. The first-order valence-corrected chi connectivity index (χ1v) is 7.18. The average Bonchev–Trinajstić information content (AvgIpc) is 2.59. The molecule has 0 heterocycles. The van der Waals surface area contributed by atoms with E-state index in [1.165, 1.54) is 0 Å². The minimum atomic E-state index is -0.824. The van der Waals surface area contributed by atoms with Crippen LogP contribution in [0.2, 0.25) is 0 Å². The summed E-state index contributed by atoms with van der Waals surface area (Å²) < 4.78 is 10.6. The molecule has 5 heteroatoms. The summed E-state index contributed by atoms with van der Waals surface area (Å²) in [6, 6.07) is 17.7. The maximum absolute atomic E-state index is 11.9. The molecule has 0 aliphatic rings. The molecule has 0 radical (unpaired) electrons. The van der Waals surface area contributed by atoms with Crippen LogP contribution in [-0.4, -0.2) is 23.8 Å². The lowest BCUT2D eigenvalue weighted by Crippen LogP contribution is -2.16. The van der Waals surface area contributed by atoms with E-state index in [-0.39, 0.29) is 19.6 Å². The molecule has 2 aromatic rings. The Morgan fingerprint density at radius 2 is 1.83 bits per heavy atom. The maximum atomic E-state index is 11.9. The number of esters is 1. The highest BCUT2D eigenvalue weighted by Crippen LogP contribution is 2.14. The van der Waals surface area contributed by atoms with E-state index >= 15 is 0 Å². The highest BCUT2D eigenvalue weighted by Gasteiger charge is 2.08. The average molecular weight is 311 g/mol. The molecule has 118 valence electrons. The van der Waals surface area contributed by atoms with Crippen LogP contribution in [0.25, 0.3) is 0 Å². The Morgan fingerprint density at radius 3 is 2.48 bits per heavy atom. The van der Waals surface area contributed by atoms with Gasteiger partial charge in [0, 0.05) is 0 Å². The van der Waals surface area contributed by atoms with Crippen LogP contribution < -0.4 is 4.74 Å². The third-order valence-corrected chi connectivity index (χ3v) is 3.07. The first-order chi connectivity index (χ1) is 11.2. The van der Waals surface area contributed by atoms with Crippen LogP contribution in [0.15, 0.2) is 54.6 Å². The van der Waals surface area contributed by atoms with Crippen molar-refractivity contribution < 1.29 is 19.4 Å². The summed E-state index contributed by atoms with van der Waals surface area (Å²) >= 11 is 0. The molecule has 23 heavy (non-hydrogen) atoms. The lowest BCUT2D eigenvalue weighted by Gasteiger charge is -2.10. The van der Waals surface area contributed by atoms with Gasteiger partial charge in [0.2, 0.25) is 0 Å². The molecular weight excluding hydrogens is 294 g/mol. The van der Waals surface area contributed by atoms with Gasteiger partial charge in [0.05, 0.1) is 18.1 Å². The second-order valence-electron chi connectivity index (χ2n) is 4.91. The number of ether oxygens (including phenoxy) is 2. The molecule has 2 aromatic carbocycles. The van der Waals surface area contributed by atoms with Gasteiger partial charge >= 0.3 is 5.97 Å². The molecule has 0 bridgehead atoms. The summed E-state index contributed by atoms with van der Waals surface area (Å²) in [6.45, 7) is 0.254. The van der Waals surface area contributed by atoms with E-state index in [1.54, 1.807) is 24.3 Å². The van der Waals surface area contributed by atoms with Gasteiger partial charge in [-0.15, -0.1) is 0 Å². The lowest BCUT2D eigenvalue weighted by molar-refractivity contribution is 0.0472. The molecule has 0 spiro atoms. The van der Waals surface area contributed by atoms with Crippen molar-refractivity contribution in [3.63, 3.8) is 0 Å². The molecule has 0 aliphatic heterocycles. The Hall–Kier alpha value is -2.84. The van der Waals surface area contributed by atoms with Crippen molar-refractivity contribution in [3.05, 3.63) is 65.7 Å². The quantitative estimate of drug-likeness (QED) is 0.795. The summed E-state index contributed by atoms with van der Waals surface area (Å²) in [6.07, 6.45) is -0.806. The second kappa shape index (κ2) is 8.57. The van der Waals surface area contributed by atoms with E-state index in [2.05, 4.69) is 0 Å². The highest BCUT2D eigenvalue weighted by atomic mass is 16.5. The molecule has 0 aromatic heterocycles. The summed E-state index contributed by atoms with van der Waals surface area (Å²) in [7, 11) is 0. The van der Waals surface area contributed by atoms with Gasteiger partial charge in [-0.05, 0) is 29.8 Å². The third kappa shape index (κ3) is 5.46. The molecule has 0 aliphatic carbocycles. The molecule has 2 rings (SSSR count).